The van der Waals surface area contributed by atoms with E-state index >= 15 is 0 Å². The maximum atomic E-state index is 13.0. The van der Waals surface area contributed by atoms with Crippen LogP contribution in [0.2, 0.25) is 0 Å². The lowest BCUT2D eigenvalue weighted by Gasteiger charge is -2.39. The van der Waals surface area contributed by atoms with Crippen molar-refractivity contribution < 1.29 is 31.3 Å². The van der Waals surface area contributed by atoms with Gasteiger partial charge in [0.05, 0.1) is 6.61 Å². The minimum atomic E-state index is -5.41. The molecule has 2 aliphatic carbocycles. The van der Waals surface area contributed by atoms with Gasteiger partial charge < -0.3 is 4.74 Å². The number of ether oxygens (including phenoxy) is 1. The topological polar surface area (TPSA) is 80.7 Å². The van der Waals surface area contributed by atoms with E-state index in [1.54, 1.807) is 0 Å². The summed E-state index contributed by atoms with van der Waals surface area (Å²) in [6.45, 7) is -0.264. The van der Waals surface area contributed by atoms with Gasteiger partial charge in [-0.3, -0.25) is 9.35 Å². The van der Waals surface area contributed by atoms with E-state index in [0.717, 1.165) is 18.3 Å². The fraction of sp³-hybridized carbons (Fsp3) is 0.938. The molecule has 0 aromatic heterocycles. The summed E-state index contributed by atoms with van der Waals surface area (Å²) in [4.78, 5) is 11.7. The molecule has 0 heterocycles. The first-order chi connectivity index (χ1) is 11.2. The molecule has 1 N–H and O–H groups in total. The molecule has 2 bridgehead atoms. The first kappa shape index (κ1) is 19.6. The predicted molar refractivity (Wildman–Crippen MR) is 84.1 cm³/mol. The van der Waals surface area contributed by atoms with E-state index in [4.69, 9.17) is 9.29 Å². The van der Waals surface area contributed by atoms with E-state index in [1.807, 2.05) is 0 Å². The lowest BCUT2D eigenvalue weighted by Crippen LogP contribution is -2.28. The Bertz CT molecular complexity index is 523. The molecule has 0 saturated heterocycles. The number of alkyl halides is 2. The van der Waals surface area contributed by atoms with Crippen LogP contribution in [0.4, 0.5) is 8.78 Å². The zero-order valence-electron chi connectivity index (χ0n) is 13.8. The van der Waals surface area contributed by atoms with Gasteiger partial charge >= 0.3 is 21.3 Å². The zero-order valence-corrected chi connectivity index (χ0v) is 14.6. The maximum Gasteiger partial charge on any atom is 0.370 e. The van der Waals surface area contributed by atoms with Crippen molar-refractivity contribution in [2.45, 2.75) is 69.5 Å². The summed E-state index contributed by atoms with van der Waals surface area (Å²) in [5.41, 5.74) is 0. The van der Waals surface area contributed by atoms with E-state index in [-0.39, 0.29) is 19.4 Å². The normalized spacial score (nSPS) is 27.7. The van der Waals surface area contributed by atoms with E-state index in [9.17, 15) is 22.0 Å². The van der Waals surface area contributed by atoms with Gasteiger partial charge in [-0.1, -0.05) is 19.3 Å². The van der Waals surface area contributed by atoms with Crippen LogP contribution < -0.4 is 0 Å². The highest BCUT2D eigenvalue weighted by molar-refractivity contribution is 7.86. The lowest BCUT2D eigenvalue weighted by molar-refractivity contribution is -0.144. The van der Waals surface area contributed by atoms with Crippen LogP contribution >= 0.6 is 0 Å². The average molecular weight is 368 g/mol. The number of rotatable bonds is 8. The minimum Gasteiger partial charge on any atom is -0.466 e. The molecule has 0 aromatic carbocycles. The van der Waals surface area contributed by atoms with Crippen LogP contribution in [0, 0.1) is 17.8 Å². The lowest BCUT2D eigenvalue weighted by atomic mass is 9.67. The zero-order chi connectivity index (χ0) is 17.8. The highest BCUT2D eigenvalue weighted by Gasteiger charge is 2.43. The molecule has 0 aromatic rings. The third-order valence-electron chi connectivity index (χ3n) is 5.23. The summed E-state index contributed by atoms with van der Waals surface area (Å²) >= 11 is 0. The van der Waals surface area contributed by atoms with Crippen molar-refractivity contribution in [1.82, 2.24) is 0 Å². The Morgan fingerprint density at radius 1 is 1.17 bits per heavy atom. The SMILES string of the molecule is O=C(CCC1CC2CCCC(C2)C1)OCCCC(F)(F)S(=O)(=O)O. The van der Waals surface area contributed by atoms with Gasteiger partial charge in [-0.15, -0.1) is 0 Å². The first-order valence-electron chi connectivity index (χ1n) is 8.68. The summed E-state index contributed by atoms with van der Waals surface area (Å²) in [6.07, 6.45) is 7.23. The first-order valence-corrected chi connectivity index (χ1v) is 10.1. The van der Waals surface area contributed by atoms with Crippen molar-refractivity contribution >= 4 is 16.1 Å². The molecule has 2 unspecified atom stereocenters. The summed E-state index contributed by atoms with van der Waals surface area (Å²) < 4.78 is 60.1. The van der Waals surface area contributed by atoms with Crippen molar-refractivity contribution in [3.05, 3.63) is 0 Å². The van der Waals surface area contributed by atoms with Crippen molar-refractivity contribution in [1.29, 1.82) is 0 Å². The molecule has 2 aliphatic rings. The Balaban J connectivity index is 1.60. The monoisotopic (exact) mass is 368 g/mol. The summed E-state index contributed by atoms with van der Waals surface area (Å²) in [7, 11) is -5.41. The summed E-state index contributed by atoms with van der Waals surface area (Å²) in [6, 6.07) is 0. The summed E-state index contributed by atoms with van der Waals surface area (Å²) in [5, 5.41) is -4.20. The second-order valence-corrected chi connectivity index (χ2v) is 8.76. The van der Waals surface area contributed by atoms with E-state index in [0.29, 0.717) is 5.92 Å². The Morgan fingerprint density at radius 3 is 2.38 bits per heavy atom. The summed E-state index contributed by atoms with van der Waals surface area (Å²) in [5.74, 6) is 1.70. The quantitative estimate of drug-likeness (QED) is 0.400. The minimum absolute atomic E-state index is 0.264. The average Bonchev–Trinajstić information content (AvgIpc) is 2.48. The van der Waals surface area contributed by atoms with Crippen molar-refractivity contribution in [2.24, 2.45) is 17.8 Å². The van der Waals surface area contributed by atoms with Crippen molar-refractivity contribution in [2.75, 3.05) is 6.61 Å². The van der Waals surface area contributed by atoms with Crippen molar-refractivity contribution in [3.63, 3.8) is 0 Å². The molecule has 0 aliphatic heterocycles. The van der Waals surface area contributed by atoms with Gasteiger partial charge in [-0.25, -0.2) is 0 Å². The number of esters is 1. The number of halogens is 2. The molecule has 2 fully saturated rings. The molecule has 5 nitrogen and oxygen atoms in total. The van der Waals surface area contributed by atoms with Crippen LogP contribution in [0.15, 0.2) is 0 Å². The third kappa shape index (κ3) is 5.65. The standard InChI is InChI=1S/C16H26F2O5S/c17-16(18,24(20,21)22)7-2-8-23-15(19)6-5-14-10-12-3-1-4-13(9-12)11-14/h12-14H,1-11H2,(H,20,21,22). The van der Waals surface area contributed by atoms with Gasteiger partial charge in [0.15, 0.2) is 0 Å². The molecule has 8 heteroatoms. The highest BCUT2D eigenvalue weighted by atomic mass is 32.2. The molecule has 0 radical (unpaired) electrons. The van der Waals surface area contributed by atoms with Crippen LogP contribution in [-0.2, 0) is 19.6 Å². The van der Waals surface area contributed by atoms with Gasteiger partial charge in [-0.05, 0) is 49.9 Å². The molecular weight excluding hydrogens is 342 g/mol. The third-order valence-corrected chi connectivity index (χ3v) is 6.19. The van der Waals surface area contributed by atoms with Gasteiger partial charge in [0, 0.05) is 12.8 Å². The van der Waals surface area contributed by atoms with E-state index < -0.39 is 27.8 Å². The molecular formula is C16H26F2O5S. The fourth-order valence-electron chi connectivity index (χ4n) is 4.09. The van der Waals surface area contributed by atoms with Crippen LogP contribution in [-0.4, -0.2) is 30.8 Å². The van der Waals surface area contributed by atoms with Gasteiger partial charge in [-0.2, -0.15) is 17.2 Å². The van der Waals surface area contributed by atoms with E-state index in [1.165, 1.54) is 38.5 Å². The molecule has 2 atom stereocenters. The second kappa shape index (κ2) is 8.08. The highest BCUT2D eigenvalue weighted by Crippen LogP contribution is 2.43. The Kier molecular flexibility index (Phi) is 6.59. The predicted octanol–water partition coefficient (Wildman–Crippen LogP) is 3.79. The number of hydrogen-bond acceptors (Lipinski definition) is 4. The molecule has 0 spiro atoms. The molecule has 2 rings (SSSR count). The van der Waals surface area contributed by atoms with Gasteiger partial charge in [0.25, 0.3) is 0 Å². The molecule has 0 amide bonds. The second-order valence-electron chi connectivity index (χ2n) is 7.21. The smallest absolute Gasteiger partial charge is 0.370 e. The van der Waals surface area contributed by atoms with E-state index in [2.05, 4.69) is 0 Å². The van der Waals surface area contributed by atoms with Crippen LogP contribution in [0.25, 0.3) is 0 Å². The molecule has 140 valence electrons. The maximum absolute atomic E-state index is 13.0. The molecule has 24 heavy (non-hydrogen) atoms. The Morgan fingerprint density at radius 2 is 1.79 bits per heavy atom. The van der Waals surface area contributed by atoms with Crippen LogP contribution in [0.5, 0.6) is 0 Å². The number of carbonyl (C=O) groups is 1. The Hall–Kier alpha value is -0.760. The van der Waals surface area contributed by atoms with Gasteiger partial charge in [0.1, 0.15) is 0 Å². The number of carbonyl (C=O) groups excluding carboxylic acids is 1. The largest absolute Gasteiger partial charge is 0.466 e. The number of fused-ring (bicyclic) bond motifs is 2. The van der Waals surface area contributed by atoms with Crippen LogP contribution in [0.3, 0.4) is 0 Å². The fourth-order valence-corrected chi connectivity index (χ4v) is 4.49. The van der Waals surface area contributed by atoms with Gasteiger partial charge in [0.2, 0.25) is 0 Å². The van der Waals surface area contributed by atoms with Crippen molar-refractivity contribution in [3.8, 4) is 0 Å². The number of hydrogen-bond donors (Lipinski definition) is 1. The van der Waals surface area contributed by atoms with Crippen LogP contribution in [0.1, 0.15) is 64.2 Å². The Labute approximate surface area is 141 Å². The molecule has 2 saturated carbocycles.